The number of rotatable bonds is 5. The van der Waals surface area contributed by atoms with Crippen LogP contribution in [0, 0.1) is 15.9 Å². The number of carbonyl (C=O) groups is 1. The number of hydrogen-bond donors (Lipinski definition) is 0. The van der Waals surface area contributed by atoms with E-state index in [1.165, 1.54) is 25.1 Å². The Morgan fingerprint density at radius 2 is 2.13 bits per heavy atom. The molecule has 0 unspecified atom stereocenters. The van der Waals surface area contributed by atoms with E-state index in [1.807, 2.05) is 0 Å². The molecule has 0 N–H and O–H groups in total. The van der Waals surface area contributed by atoms with Gasteiger partial charge in [0.2, 0.25) is 11.7 Å². The van der Waals surface area contributed by atoms with Crippen molar-refractivity contribution in [3.63, 3.8) is 0 Å². The molecule has 1 fully saturated rings. The molecule has 23 heavy (non-hydrogen) atoms. The maximum Gasteiger partial charge on any atom is 0.328 e. The van der Waals surface area contributed by atoms with Crippen LogP contribution in [0.3, 0.4) is 0 Å². The zero-order chi connectivity index (χ0) is 17.0. The quantitative estimate of drug-likeness (QED) is 0.593. The minimum Gasteiger partial charge on any atom is -0.497 e. The van der Waals surface area contributed by atoms with E-state index in [4.69, 9.17) is 9.47 Å². The molecule has 1 heterocycles. The molecule has 1 aromatic carbocycles. The molecular weight excluding hydrogens is 309 g/mol. The van der Waals surface area contributed by atoms with Crippen molar-refractivity contribution in [2.75, 3.05) is 51.9 Å². The Morgan fingerprint density at radius 1 is 1.48 bits per heavy atom. The fraction of sp³-hybridized carbons (Fsp3) is 0.500. The summed E-state index contributed by atoms with van der Waals surface area (Å²) in [6, 6.07) is 2.28. The summed E-state index contributed by atoms with van der Waals surface area (Å²) in [6.07, 6.45) is 0. The molecule has 1 saturated heterocycles. The molecule has 1 aliphatic rings. The number of nitrogens with zero attached hydrogens (tertiary/aromatic N) is 3. The summed E-state index contributed by atoms with van der Waals surface area (Å²) < 4.78 is 24.1. The van der Waals surface area contributed by atoms with E-state index in [0.717, 1.165) is 6.07 Å². The van der Waals surface area contributed by atoms with Crippen molar-refractivity contribution in [2.24, 2.45) is 0 Å². The maximum atomic E-state index is 13.9. The summed E-state index contributed by atoms with van der Waals surface area (Å²) in [6.45, 7) is 1.77. The van der Waals surface area contributed by atoms with Gasteiger partial charge < -0.3 is 19.3 Å². The lowest BCUT2D eigenvalue weighted by molar-refractivity contribution is -0.386. The molecule has 0 spiro atoms. The van der Waals surface area contributed by atoms with E-state index in [9.17, 15) is 19.3 Å². The summed E-state index contributed by atoms with van der Waals surface area (Å²) in [7, 11) is 2.84. The van der Waals surface area contributed by atoms with Crippen molar-refractivity contribution in [3.8, 4) is 5.75 Å². The van der Waals surface area contributed by atoms with Gasteiger partial charge in [-0.25, -0.2) is 0 Å². The fourth-order valence-electron chi connectivity index (χ4n) is 2.35. The molecule has 1 aromatic rings. The second-order valence-electron chi connectivity index (χ2n) is 5.08. The van der Waals surface area contributed by atoms with Crippen molar-refractivity contribution in [1.82, 2.24) is 4.90 Å². The number of nitro benzene ring substituents is 1. The Kier molecular flexibility index (Phi) is 5.32. The standard InChI is InChI=1S/C14H18FN3O5/c1-16(9-13(19)17-3-5-23-6-4-17)12-8-10(22-2)7-11(15)14(12)18(20)21/h7-8H,3-6,9H2,1-2H3. The topological polar surface area (TPSA) is 85.2 Å². The SMILES string of the molecule is COc1cc(F)c([N+](=O)[O-])c(N(C)CC(=O)N2CCOCC2)c1. The smallest absolute Gasteiger partial charge is 0.328 e. The first-order chi connectivity index (χ1) is 10.9. The van der Waals surface area contributed by atoms with Gasteiger partial charge in [0.25, 0.3) is 0 Å². The van der Waals surface area contributed by atoms with Gasteiger partial charge in [-0.05, 0) is 0 Å². The fourth-order valence-corrected chi connectivity index (χ4v) is 2.35. The maximum absolute atomic E-state index is 13.9. The first-order valence-electron chi connectivity index (χ1n) is 7.02. The van der Waals surface area contributed by atoms with Gasteiger partial charge in [-0.15, -0.1) is 0 Å². The van der Waals surface area contributed by atoms with Gasteiger partial charge in [0, 0.05) is 32.3 Å². The number of likely N-dealkylation sites (N-methyl/N-ethyl adjacent to an activating group) is 1. The van der Waals surface area contributed by atoms with Gasteiger partial charge in [-0.3, -0.25) is 14.9 Å². The number of nitro groups is 1. The van der Waals surface area contributed by atoms with Crippen LogP contribution in [0.2, 0.25) is 0 Å². The van der Waals surface area contributed by atoms with Gasteiger partial charge in [-0.1, -0.05) is 0 Å². The number of morpholine rings is 1. The second-order valence-corrected chi connectivity index (χ2v) is 5.08. The van der Waals surface area contributed by atoms with Crippen molar-refractivity contribution < 1.29 is 23.6 Å². The minimum absolute atomic E-state index is 0.00606. The van der Waals surface area contributed by atoms with E-state index in [-0.39, 0.29) is 23.9 Å². The van der Waals surface area contributed by atoms with Crippen LogP contribution >= 0.6 is 0 Å². The third-order valence-electron chi connectivity index (χ3n) is 3.58. The van der Waals surface area contributed by atoms with E-state index < -0.39 is 16.4 Å². The molecule has 0 aromatic heterocycles. The van der Waals surface area contributed by atoms with Gasteiger partial charge >= 0.3 is 5.69 Å². The Hall–Kier alpha value is -2.42. The zero-order valence-corrected chi connectivity index (χ0v) is 13.0. The van der Waals surface area contributed by atoms with Gasteiger partial charge in [0.05, 0.1) is 31.8 Å². The average Bonchev–Trinajstić information content (AvgIpc) is 2.54. The highest BCUT2D eigenvalue weighted by Crippen LogP contribution is 2.34. The Morgan fingerprint density at radius 3 is 2.70 bits per heavy atom. The van der Waals surface area contributed by atoms with Crippen molar-refractivity contribution >= 4 is 17.3 Å². The molecule has 0 aliphatic carbocycles. The van der Waals surface area contributed by atoms with Crippen LogP contribution < -0.4 is 9.64 Å². The monoisotopic (exact) mass is 327 g/mol. The summed E-state index contributed by atoms with van der Waals surface area (Å²) >= 11 is 0. The molecule has 0 saturated carbocycles. The highest BCUT2D eigenvalue weighted by molar-refractivity contribution is 5.83. The van der Waals surface area contributed by atoms with Crippen LogP contribution in [0.1, 0.15) is 0 Å². The predicted octanol–water partition coefficient (Wildman–Crippen LogP) is 1.04. The highest BCUT2D eigenvalue weighted by atomic mass is 19.1. The number of halogens is 1. The van der Waals surface area contributed by atoms with Gasteiger partial charge in [-0.2, -0.15) is 4.39 Å². The number of benzene rings is 1. The third kappa shape index (κ3) is 3.86. The molecule has 126 valence electrons. The Balaban J connectivity index is 2.23. The van der Waals surface area contributed by atoms with Crippen molar-refractivity contribution in [1.29, 1.82) is 0 Å². The lowest BCUT2D eigenvalue weighted by atomic mass is 10.2. The summed E-state index contributed by atoms with van der Waals surface area (Å²) in [4.78, 5) is 25.5. The summed E-state index contributed by atoms with van der Waals surface area (Å²) in [5.41, 5.74) is -0.684. The molecule has 9 heteroatoms. The lowest BCUT2D eigenvalue weighted by Gasteiger charge is -2.29. The average molecular weight is 327 g/mol. The zero-order valence-electron chi connectivity index (χ0n) is 13.0. The van der Waals surface area contributed by atoms with Crippen LogP contribution in [0.15, 0.2) is 12.1 Å². The first-order valence-corrected chi connectivity index (χ1v) is 7.02. The first kappa shape index (κ1) is 16.9. The third-order valence-corrected chi connectivity index (χ3v) is 3.58. The Bertz CT molecular complexity index is 604. The van der Waals surface area contributed by atoms with Gasteiger partial charge in [0.1, 0.15) is 11.4 Å². The van der Waals surface area contributed by atoms with Crippen LogP contribution in [0.25, 0.3) is 0 Å². The highest BCUT2D eigenvalue weighted by Gasteiger charge is 2.27. The molecule has 0 radical (unpaired) electrons. The van der Waals surface area contributed by atoms with Gasteiger partial charge in [0.15, 0.2) is 0 Å². The summed E-state index contributed by atoms with van der Waals surface area (Å²) in [5.74, 6) is -1.06. The summed E-state index contributed by atoms with van der Waals surface area (Å²) in [5, 5.41) is 11.1. The van der Waals surface area contributed by atoms with Crippen LogP contribution in [-0.2, 0) is 9.53 Å². The molecule has 0 atom stereocenters. The number of carbonyl (C=O) groups excluding carboxylic acids is 1. The number of ether oxygens (including phenoxy) is 2. The number of methoxy groups -OCH3 is 1. The van der Waals surface area contributed by atoms with Crippen LogP contribution in [-0.4, -0.2) is 62.7 Å². The van der Waals surface area contributed by atoms with E-state index in [2.05, 4.69) is 0 Å². The largest absolute Gasteiger partial charge is 0.497 e. The molecule has 1 aliphatic heterocycles. The molecule has 1 amide bonds. The molecular formula is C14H18FN3O5. The predicted molar refractivity (Wildman–Crippen MR) is 80.3 cm³/mol. The molecule has 0 bridgehead atoms. The number of hydrogen-bond acceptors (Lipinski definition) is 6. The number of amides is 1. The number of anilines is 1. The lowest BCUT2D eigenvalue weighted by Crippen LogP contribution is -2.45. The second kappa shape index (κ2) is 7.23. The van der Waals surface area contributed by atoms with E-state index in [1.54, 1.807) is 4.90 Å². The van der Waals surface area contributed by atoms with E-state index in [0.29, 0.717) is 26.3 Å². The Labute approximate surface area is 132 Å². The van der Waals surface area contributed by atoms with E-state index >= 15 is 0 Å². The van der Waals surface area contributed by atoms with Crippen molar-refractivity contribution in [2.45, 2.75) is 0 Å². The minimum atomic E-state index is -1.00. The molecule has 2 rings (SSSR count). The van der Waals surface area contributed by atoms with Crippen LogP contribution in [0.4, 0.5) is 15.8 Å². The van der Waals surface area contributed by atoms with Crippen molar-refractivity contribution in [3.05, 3.63) is 28.1 Å². The van der Waals surface area contributed by atoms with Crippen LogP contribution in [0.5, 0.6) is 5.75 Å². The molecule has 8 nitrogen and oxygen atoms in total. The normalized spacial score (nSPS) is 14.5.